The number of nitrogens with one attached hydrogen (secondary N) is 1. The van der Waals surface area contributed by atoms with E-state index < -0.39 is 0 Å². The van der Waals surface area contributed by atoms with Gasteiger partial charge in [-0.3, -0.25) is 0 Å². The molecule has 2 amide bonds. The second-order valence-electron chi connectivity index (χ2n) is 6.76. The number of fused-ring (bicyclic) bond motifs is 1. The first-order valence-electron chi connectivity index (χ1n) is 9.22. The van der Waals surface area contributed by atoms with Crippen LogP contribution in [0.2, 0.25) is 0 Å². The maximum Gasteiger partial charge on any atom is 0.317 e. The fraction of sp³-hybridized carbons (Fsp3) is 0.261. The Morgan fingerprint density at radius 1 is 0.964 bits per heavy atom. The minimum atomic E-state index is -0.109. The van der Waals surface area contributed by atoms with Gasteiger partial charge in [0.05, 0.1) is 13.7 Å². The van der Waals surface area contributed by atoms with E-state index >= 15 is 0 Å². The number of rotatable bonds is 7. The van der Waals surface area contributed by atoms with Crippen molar-refractivity contribution >= 4 is 16.8 Å². The second kappa shape index (κ2) is 9.24. The Labute approximate surface area is 165 Å². The summed E-state index contributed by atoms with van der Waals surface area (Å²) >= 11 is 0. The molecule has 5 heteroatoms. The molecule has 1 N–H and O–H groups in total. The number of amides is 2. The van der Waals surface area contributed by atoms with Gasteiger partial charge in [0.25, 0.3) is 0 Å². The number of nitrogens with zero attached hydrogens (tertiary/aromatic N) is 1. The molecule has 0 aromatic heterocycles. The van der Waals surface area contributed by atoms with Crippen LogP contribution in [0.4, 0.5) is 4.79 Å². The standard InChI is InChI=1S/C23H26N2O3/c1-25(23(26)24-14-20-6-4-5-7-21(20)16-27-2)15-17-8-9-19-13-22(28-3)11-10-18(19)12-17/h4-13H,14-16H2,1-3H3,(H,24,26). The Balaban J connectivity index is 1.62. The molecule has 0 heterocycles. The highest BCUT2D eigenvalue weighted by Gasteiger charge is 2.10. The number of carbonyl (C=O) groups excluding carboxylic acids is 1. The first-order valence-corrected chi connectivity index (χ1v) is 9.22. The van der Waals surface area contributed by atoms with Gasteiger partial charge in [-0.15, -0.1) is 0 Å². The van der Waals surface area contributed by atoms with Crippen molar-refractivity contribution in [1.29, 1.82) is 0 Å². The molecule has 0 saturated heterocycles. The van der Waals surface area contributed by atoms with E-state index in [2.05, 4.69) is 17.4 Å². The first kappa shape index (κ1) is 19.7. The van der Waals surface area contributed by atoms with E-state index in [0.717, 1.165) is 33.2 Å². The Morgan fingerprint density at radius 2 is 1.68 bits per heavy atom. The van der Waals surface area contributed by atoms with Gasteiger partial charge in [0.1, 0.15) is 5.75 Å². The van der Waals surface area contributed by atoms with Crippen LogP contribution in [0.5, 0.6) is 5.75 Å². The van der Waals surface area contributed by atoms with Crippen molar-refractivity contribution in [3.63, 3.8) is 0 Å². The van der Waals surface area contributed by atoms with E-state index in [-0.39, 0.29) is 6.03 Å². The number of carbonyl (C=O) groups is 1. The van der Waals surface area contributed by atoms with E-state index in [1.165, 1.54) is 0 Å². The molecule has 0 spiro atoms. The average molecular weight is 378 g/mol. The topological polar surface area (TPSA) is 50.8 Å². The lowest BCUT2D eigenvalue weighted by Gasteiger charge is -2.19. The summed E-state index contributed by atoms with van der Waals surface area (Å²) in [6, 6.07) is 20.0. The number of hydrogen-bond acceptors (Lipinski definition) is 3. The third-order valence-corrected chi connectivity index (χ3v) is 4.73. The number of methoxy groups -OCH3 is 2. The quantitative estimate of drug-likeness (QED) is 0.665. The SMILES string of the molecule is COCc1ccccc1CNC(=O)N(C)Cc1ccc2cc(OC)ccc2c1. The molecule has 3 rings (SSSR count). The minimum absolute atomic E-state index is 0.109. The van der Waals surface area contributed by atoms with Crippen molar-refractivity contribution in [3.05, 3.63) is 77.4 Å². The van der Waals surface area contributed by atoms with Gasteiger partial charge in [-0.1, -0.05) is 42.5 Å². The normalized spacial score (nSPS) is 10.7. The van der Waals surface area contributed by atoms with E-state index in [1.54, 1.807) is 26.2 Å². The molecular weight excluding hydrogens is 352 g/mol. The lowest BCUT2D eigenvalue weighted by Crippen LogP contribution is -2.36. The van der Waals surface area contributed by atoms with Crippen LogP contribution in [0.25, 0.3) is 10.8 Å². The van der Waals surface area contributed by atoms with Crippen molar-refractivity contribution in [2.45, 2.75) is 19.7 Å². The summed E-state index contributed by atoms with van der Waals surface area (Å²) < 4.78 is 10.5. The molecule has 0 fully saturated rings. The second-order valence-corrected chi connectivity index (χ2v) is 6.76. The zero-order valence-electron chi connectivity index (χ0n) is 16.6. The molecule has 28 heavy (non-hydrogen) atoms. The van der Waals surface area contributed by atoms with Crippen molar-refractivity contribution < 1.29 is 14.3 Å². The largest absolute Gasteiger partial charge is 0.497 e. The van der Waals surface area contributed by atoms with E-state index in [9.17, 15) is 4.79 Å². The van der Waals surface area contributed by atoms with Crippen molar-refractivity contribution in [2.75, 3.05) is 21.3 Å². The molecule has 0 atom stereocenters. The van der Waals surface area contributed by atoms with Crippen LogP contribution in [-0.4, -0.2) is 32.2 Å². The highest BCUT2D eigenvalue weighted by Crippen LogP contribution is 2.22. The van der Waals surface area contributed by atoms with Crippen LogP contribution in [0.15, 0.2) is 60.7 Å². The van der Waals surface area contributed by atoms with Crippen LogP contribution < -0.4 is 10.1 Å². The van der Waals surface area contributed by atoms with Crippen LogP contribution in [0.3, 0.4) is 0 Å². The average Bonchev–Trinajstić information content (AvgIpc) is 2.72. The molecule has 0 aliphatic rings. The number of urea groups is 1. The Kier molecular flexibility index (Phi) is 6.50. The van der Waals surface area contributed by atoms with Gasteiger partial charge >= 0.3 is 6.03 Å². The molecule has 3 aromatic carbocycles. The summed E-state index contributed by atoms with van der Waals surface area (Å²) in [6.07, 6.45) is 0. The lowest BCUT2D eigenvalue weighted by molar-refractivity contribution is 0.183. The highest BCUT2D eigenvalue weighted by molar-refractivity contribution is 5.84. The van der Waals surface area contributed by atoms with E-state index in [0.29, 0.717) is 19.7 Å². The third-order valence-electron chi connectivity index (χ3n) is 4.73. The smallest absolute Gasteiger partial charge is 0.317 e. The summed E-state index contributed by atoms with van der Waals surface area (Å²) in [5, 5.41) is 5.23. The first-order chi connectivity index (χ1) is 13.6. The van der Waals surface area contributed by atoms with Crippen LogP contribution in [-0.2, 0) is 24.4 Å². The molecule has 3 aromatic rings. The number of ether oxygens (including phenoxy) is 2. The molecule has 0 aliphatic heterocycles. The fourth-order valence-corrected chi connectivity index (χ4v) is 3.18. The van der Waals surface area contributed by atoms with Crippen molar-refractivity contribution in [2.24, 2.45) is 0 Å². The maximum atomic E-state index is 12.5. The van der Waals surface area contributed by atoms with E-state index in [4.69, 9.17) is 9.47 Å². The Morgan fingerprint density at radius 3 is 2.43 bits per heavy atom. The van der Waals surface area contributed by atoms with E-state index in [1.807, 2.05) is 48.5 Å². The summed E-state index contributed by atoms with van der Waals surface area (Å²) in [7, 11) is 5.13. The zero-order chi connectivity index (χ0) is 19.9. The number of benzene rings is 3. The summed E-state index contributed by atoms with van der Waals surface area (Å²) in [5.74, 6) is 0.838. The van der Waals surface area contributed by atoms with Crippen molar-refractivity contribution in [1.82, 2.24) is 10.2 Å². The van der Waals surface area contributed by atoms with Gasteiger partial charge in [0.15, 0.2) is 0 Å². The molecule has 0 unspecified atom stereocenters. The molecule has 146 valence electrons. The maximum absolute atomic E-state index is 12.5. The van der Waals surface area contributed by atoms with Gasteiger partial charge in [0, 0.05) is 27.2 Å². The van der Waals surface area contributed by atoms with Crippen molar-refractivity contribution in [3.8, 4) is 5.75 Å². The van der Waals surface area contributed by atoms with Gasteiger partial charge in [-0.05, 0) is 45.7 Å². The van der Waals surface area contributed by atoms with Crippen LogP contribution >= 0.6 is 0 Å². The van der Waals surface area contributed by atoms with Crippen LogP contribution in [0, 0.1) is 0 Å². The summed E-state index contributed by atoms with van der Waals surface area (Å²) in [5.41, 5.74) is 3.22. The van der Waals surface area contributed by atoms with Gasteiger partial charge < -0.3 is 19.7 Å². The summed E-state index contributed by atoms with van der Waals surface area (Å²) in [6.45, 7) is 1.54. The molecule has 0 aliphatic carbocycles. The minimum Gasteiger partial charge on any atom is -0.497 e. The predicted molar refractivity (Wildman–Crippen MR) is 111 cm³/mol. The van der Waals surface area contributed by atoms with Gasteiger partial charge in [-0.25, -0.2) is 4.79 Å². The predicted octanol–water partition coefficient (Wildman–Crippen LogP) is 4.34. The monoisotopic (exact) mass is 378 g/mol. The molecule has 0 radical (unpaired) electrons. The zero-order valence-corrected chi connectivity index (χ0v) is 16.6. The van der Waals surface area contributed by atoms with Gasteiger partial charge in [-0.2, -0.15) is 0 Å². The molecule has 5 nitrogen and oxygen atoms in total. The molecule has 0 bridgehead atoms. The summed E-state index contributed by atoms with van der Waals surface area (Å²) in [4.78, 5) is 14.2. The Bertz CT molecular complexity index is 955. The third kappa shape index (κ3) is 4.81. The van der Waals surface area contributed by atoms with Gasteiger partial charge in [0.2, 0.25) is 0 Å². The number of hydrogen-bond donors (Lipinski definition) is 1. The van der Waals surface area contributed by atoms with Crippen LogP contribution in [0.1, 0.15) is 16.7 Å². The lowest BCUT2D eigenvalue weighted by atomic mass is 10.1. The highest BCUT2D eigenvalue weighted by atomic mass is 16.5. The fourth-order valence-electron chi connectivity index (χ4n) is 3.18. The molecular formula is C23H26N2O3. The molecule has 0 saturated carbocycles. The Hall–Kier alpha value is -3.05.